The van der Waals surface area contributed by atoms with Crippen molar-refractivity contribution < 1.29 is 14.3 Å². The number of esters is 1. The van der Waals surface area contributed by atoms with Gasteiger partial charge in [-0.1, -0.05) is 59.4 Å². The molecule has 0 spiro atoms. The molecule has 3 aromatic rings. The van der Waals surface area contributed by atoms with Gasteiger partial charge < -0.3 is 14.6 Å². The molecule has 6 nitrogen and oxygen atoms in total. The van der Waals surface area contributed by atoms with Gasteiger partial charge >= 0.3 is 10.8 Å². The predicted molar refractivity (Wildman–Crippen MR) is 113 cm³/mol. The number of anilines is 1. The summed E-state index contributed by atoms with van der Waals surface area (Å²) in [5.74, 6) is -0.979. The van der Waals surface area contributed by atoms with Crippen LogP contribution in [0.2, 0.25) is 0 Å². The fourth-order valence-electron chi connectivity index (χ4n) is 2.81. The zero-order valence-electron chi connectivity index (χ0n) is 16.3. The molecule has 1 heterocycles. The van der Waals surface area contributed by atoms with Gasteiger partial charge in [-0.05, 0) is 26.0 Å². The molecule has 0 aliphatic heterocycles. The van der Waals surface area contributed by atoms with E-state index in [1.807, 2.05) is 32.0 Å². The van der Waals surface area contributed by atoms with Crippen molar-refractivity contribution >= 4 is 28.9 Å². The first kappa shape index (κ1) is 20.5. The number of rotatable bonds is 7. The number of benzene rings is 2. The molecule has 0 radical (unpaired) electrons. The molecule has 7 heteroatoms. The third-order valence-corrected chi connectivity index (χ3v) is 5.31. The maximum atomic E-state index is 12.8. The third kappa shape index (κ3) is 5.42. The van der Waals surface area contributed by atoms with Crippen molar-refractivity contribution in [3.05, 3.63) is 86.5 Å². The molecule has 0 saturated heterocycles. The molecule has 1 N–H and O–H groups in total. The third-order valence-electron chi connectivity index (χ3n) is 4.42. The maximum Gasteiger partial charge on any atom is 0.308 e. The number of amides is 1. The van der Waals surface area contributed by atoms with Gasteiger partial charge in [0.1, 0.15) is 0 Å². The molecule has 3 rings (SSSR count). The zero-order valence-corrected chi connectivity index (χ0v) is 17.1. The Balaban J connectivity index is 1.71. The van der Waals surface area contributed by atoms with Crippen molar-refractivity contribution in [2.24, 2.45) is 0 Å². The number of nitrogens with one attached hydrogen (secondary N) is 1. The summed E-state index contributed by atoms with van der Waals surface area (Å²) in [4.78, 5) is 36.9. The summed E-state index contributed by atoms with van der Waals surface area (Å²) in [7, 11) is 0. The highest BCUT2D eigenvalue weighted by Crippen LogP contribution is 2.21. The van der Waals surface area contributed by atoms with Crippen LogP contribution in [-0.4, -0.2) is 16.4 Å². The molecule has 0 fully saturated rings. The molecule has 1 unspecified atom stereocenters. The van der Waals surface area contributed by atoms with Crippen LogP contribution in [0.15, 0.2) is 64.8 Å². The van der Waals surface area contributed by atoms with E-state index in [0.717, 1.165) is 22.6 Å². The molecule has 29 heavy (non-hydrogen) atoms. The van der Waals surface area contributed by atoms with Crippen LogP contribution in [0.1, 0.15) is 29.3 Å². The standard InChI is InChI=1S/C22H22N2O4S/c1-15-8-10-18(11-9-15)23-21(26)20(17-6-4-3-5-7-17)28-19(25)12-13-24-16(2)14-29-22(24)27/h3-11,14,20H,12-13H2,1-2H3,(H,23,26). The fourth-order valence-corrected chi connectivity index (χ4v) is 3.57. The van der Waals surface area contributed by atoms with Crippen molar-refractivity contribution in [1.82, 2.24) is 4.57 Å². The number of hydrogen-bond donors (Lipinski definition) is 1. The minimum Gasteiger partial charge on any atom is -0.447 e. The van der Waals surface area contributed by atoms with Crippen LogP contribution in [0, 0.1) is 13.8 Å². The first-order valence-electron chi connectivity index (χ1n) is 9.21. The van der Waals surface area contributed by atoms with Gasteiger partial charge in [0.25, 0.3) is 5.91 Å². The van der Waals surface area contributed by atoms with E-state index in [2.05, 4.69) is 5.32 Å². The molecule has 0 aliphatic carbocycles. The van der Waals surface area contributed by atoms with Crippen LogP contribution in [0.4, 0.5) is 5.69 Å². The quantitative estimate of drug-likeness (QED) is 0.601. The van der Waals surface area contributed by atoms with E-state index in [-0.39, 0.29) is 17.8 Å². The Morgan fingerprint density at radius 1 is 1.07 bits per heavy atom. The average molecular weight is 410 g/mol. The minimum absolute atomic E-state index is 0.00136. The van der Waals surface area contributed by atoms with Gasteiger partial charge in [0.15, 0.2) is 0 Å². The van der Waals surface area contributed by atoms with Crippen molar-refractivity contribution in [2.75, 3.05) is 5.32 Å². The SMILES string of the molecule is Cc1ccc(NC(=O)C(OC(=O)CCn2c(C)csc2=O)c2ccccc2)cc1. The van der Waals surface area contributed by atoms with Gasteiger partial charge in [-0.2, -0.15) is 0 Å². The molecule has 0 aliphatic rings. The van der Waals surface area contributed by atoms with Gasteiger partial charge in [-0.15, -0.1) is 0 Å². The summed E-state index contributed by atoms with van der Waals surface area (Å²) < 4.78 is 7.03. The molecule has 1 amide bonds. The Morgan fingerprint density at radius 2 is 1.76 bits per heavy atom. The largest absolute Gasteiger partial charge is 0.447 e. The van der Waals surface area contributed by atoms with E-state index in [0.29, 0.717) is 11.3 Å². The van der Waals surface area contributed by atoms with E-state index >= 15 is 0 Å². The summed E-state index contributed by atoms with van der Waals surface area (Å²) in [6.07, 6.45) is -1.08. The first-order chi connectivity index (χ1) is 13.9. The maximum absolute atomic E-state index is 12.8. The molecule has 150 valence electrons. The van der Waals surface area contributed by atoms with Crippen LogP contribution in [0.3, 0.4) is 0 Å². The highest BCUT2D eigenvalue weighted by Gasteiger charge is 2.25. The number of hydrogen-bond acceptors (Lipinski definition) is 5. The predicted octanol–water partition coefficient (Wildman–Crippen LogP) is 3.84. The first-order valence-corrected chi connectivity index (χ1v) is 10.1. The summed E-state index contributed by atoms with van der Waals surface area (Å²) in [5, 5.41) is 4.54. The second-order valence-electron chi connectivity index (χ2n) is 6.68. The van der Waals surface area contributed by atoms with E-state index in [1.54, 1.807) is 41.8 Å². The van der Waals surface area contributed by atoms with E-state index in [4.69, 9.17) is 4.74 Å². The van der Waals surface area contributed by atoms with Gasteiger partial charge in [-0.3, -0.25) is 14.4 Å². The smallest absolute Gasteiger partial charge is 0.308 e. The Kier molecular flexibility index (Phi) is 6.61. The zero-order chi connectivity index (χ0) is 20.8. The normalized spacial score (nSPS) is 11.7. The van der Waals surface area contributed by atoms with Crippen LogP contribution >= 0.6 is 11.3 Å². The summed E-state index contributed by atoms with van der Waals surface area (Å²) in [6, 6.07) is 16.2. The second kappa shape index (κ2) is 9.34. The minimum atomic E-state index is -1.08. The lowest BCUT2D eigenvalue weighted by Crippen LogP contribution is -2.26. The van der Waals surface area contributed by atoms with E-state index in [9.17, 15) is 14.4 Å². The Labute approximate surface area is 172 Å². The summed E-state index contributed by atoms with van der Waals surface area (Å²) >= 11 is 1.09. The van der Waals surface area contributed by atoms with Gasteiger partial charge in [0, 0.05) is 28.9 Å². The Morgan fingerprint density at radius 3 is 2.38 bits per heavy atom. The molecule has 0 bridgehead atoms. The molecular formula is C22H22N2O4S. The van der Waals surface area contributed by atoms with Crippen molar-refractivity contribution in [3.63, 3.8) is 0 Å². The molecule has 1 aromatic heterocycles. The van der Waals surface area contributed by atoms with E-state index < -0.39 is 18.0 Å². The van der Waals surface area contributed by atoms with Crippen LogP contribution < -0.4 is 10.2 Å². The van der Waals surface area contributed by atoms with Gasteiger partial charge in [0.2, 0.25) is 6.10 Å². The number of thiazole rings is 1. The number of carbonyl (C=O) groups is 2. The lowest BCUT2D eigenvalue weighted by atomic mass is 10.1. The molecular weight excluding hydrogens is 388 g/mol. The van der Waals surface area contributed by atoms with Crippen LogP contribution in [-0.2, 0) is 20.9 Å². The topological polar surface area (TPSA) is 77.4 Å². The molecule has 1 atom stereocenters. The monoisotopic (exact) mass is 410 g/mol. The van der Waals surface area contributed by atoms with Crippen molar-refractivity contribution in [2.45, 2.75) is 32.9 Å². The summed E-state index contributed by atoms with van der Waals surface area (Å²) in [6.45, 7) is 3.99. The highest BCUT2D eigenvalue weighted by molar-refractivity contribution is 7.07. The number of aromatic nitrogens is 1. The van der Waals surface area contributed by atoms with Crippen molar-refractivity contribution in [3.8, 4) is 0 Å². The summed E-state index contributed by atoms with van der Waals surface area (Å²) in [5.41, 5.74) is 3.07. The lowest BCUT2D eigenvalue weighted by Gasteiger charge is -2.18. The average Bonchev–Trinajstić information content (AvgIpc) is 3.04. The number of ether oxygens (including phenoxy) is 1. The number of carbonyl (C=O) groups excluding carboxylic acids is 2. The lowest BCUT2D eigenvalue weighted by molar-refractivity contribution is -0.155. The van der Waals surface area contributed by atoms with Crippen LogP contribution in [0.25, 0.3) is 0 Å². The van der Waals surface area contributed by atoms with Gasteiger partial charge in [-0.25, -0.2) is 0 Å². The highest BCUT2D eigenvalue weighted by atomic mass is 32.1. The van der Waals surface area contributed by atoms with Crippen molar-refractivity contribution in [1.29, 1.82) is 0 Å². The number of nitrogens with zero attached hydrogens (tertiary/aromatic N) is 1. The Hall–Kier alpha value is -3.19. The fraction of sp³-hybridized carbons (Fsp3) is 0.227. The van der Waals surface area contributed by atoms with E-state index in [1.165, 1.54) is 4.57 Å². The second-order valence-corrected chi connectivity index (χ2v) is 7.50. The molecule has 0 saturated carbocycles. The van der Waals surface area contributed by atoms with Crippen LogP contribution in [0.5, 0.6) is 0 Å². The number of aryl methyl sites for hydroxylation is 2. The van der Waals surface area contributed by atoms with Gasteiger partial charge in [0.05, 0.1) is 6.42 Å². The molecule has 2 aromatic carbocycles. The Bertz CT molecular complexity index is 1040.